The zero-order valence-electron chi connectivity index (χ0n) is 13.8. The lowest BCUT2D eigenvalue weighted by Gasteiger charge is -2.10. The molecule has 0 aliphatic heterocycles. The van der Waals surface area contributed by atoms with Crippen LogP contribution in [0.5, 0.6) is 0 Å². The van der Waals surface area contributed by atoms with E-state index < -0.39 is 16.0 Å². The first kappa shape index (κ1) is 19.5. The Kier molecular flexibility index (Phi) is 8.69. The summed E-state index contributed by atoms with van der Waals surface area (Å²) in [6.45, 7) is 2.18. The third kappa shape index (κ3) is 8.02. The molecule has 6 heteroatoms. The van der Waals surface area contributed by atoms with Crippen molar-refractivity contribution in [3.63, 3.8) is 0 Å². The molecule has 0 bridgehead atoms. The Morgan fingerprint density at radius 3 is 2.17 bits per heavy atom. The fourth-order valence-corrected chi connectivity index (χ4v) is 3.60. The average molecular weight is 341 g/mol. The van der Waals surface area contributed by atoms with Crippen molar-refractivity contribution in [1.82, 2.24) is 0 Å². The van der Waals surface area contributed by atoms with E-state index in [1.165, 1.54) is 37.8 Å². The first-order valence-electron chi connectivity index (χ1n) is 8.29. The highest BCUT2D eigenvalue weighted by atomic mass is 32.2. The number of nitrogens with one attached hydrogen (secondary N) is 1. The normalized spacial score (nSPS) is 11.3. The van der Waals surface area contributed by atoms with Gasteiger partial charge in [-0.1, -0.05) is 64.0 Å². The number of benzene rings is 1. The van der Waals surface area contributed by atoms with Gasteiger partial charge >= 0.3 is 5.97 Å². The number of hydrogen-bond donors (Lipinski definition) is 2. The number of para-hydroxylation sites is 1. The third-order valence-electron chi connectivity index (χ3n) is 3.69. The molecule has 130 valence electrons. The van der Waals surface area contributed by atoms with Gasteiger partial charge in [-0.2, -0.15) is 0 Å². The van der Waals surface area contributed by atoms with Crippen LogP contribution in [0.15, 0.2) is 24.3 Å². The molecule has 0 spiro atoms. The Bertz CT molecular complexity index is 584. The molecular weight excluding hydrogens is 314 g/mol. The first-order chi connectivity index (χ1) is 11.0. The molecule has 1 aromatic carbocycles. The molecule has 0 atom stereocenters. The number of aromatic carboxylic acids is 1. The number of carboxylic acid groups (broad SMARTS) is 1. The number of unbranched alkanes of at least 4 members (excludes halogenated alkanes) is 7. The van der Waals surface area contributed by atoms with Gasteiger partial charge in [0.25, 0.3) is 0 Å². The topological polar surface area (TPSA) is 83.5 Å². The number of sulfonamides is 1. The zero-order chi connectivity index (χ0) is 17.1. The largest absolute Gasteiger partial charge is 0.478 e. The zero-order valence-corrected chi connectivity index (χ0v) is 14.6. The van der Waals surface area contributed by atoms with Crippen molar-refractivity contribution in [3.8, 4) is 0 Å². The molecule has 2 N–H and O–H groups in total. The molecule has 0 aliphatic rings. The van der Waals surface area contributed by atoms with E-state index in [2.05, 4.69) is 11.6 Å². The summed E-state index contributed by atoms with van der Waals surface area (Å²) in [7, 11) is -3.51. The van der Waals surface area contributed by atoms with Crippen molar-refractivity contribution in [2.45, 2.75) is 58.3 Å². The quantitative estimate of drug-likeness (QED) is 0.556. The molecule has 0 aromatic heterocycles. The maximum Gasteiger partial charge on any atom is 0.337 e. The van der Waals surface area contributed by atoms with Crippen molar-refractivity contribution in [2.75, 3.05) is 10.5 Å². The summed E-state index contributed by atoms with van der Waals surface area (Å²) in [6, 6.07) is 6.03. The van der Waals surface area contributed by atoms with Gasteiger partial charge in [0.2, 0.25) is 10.0 Å². The maximum absolute atomic E-state index is 12.0. The Balaban J connectivity index is 2.36. The van der Waals surface area contributed by atoms with Crippen molar-refractivity contribution in [1.29, 1.82) is 0 Å². The molecule has 0 heterocycles. The average Bonchev–Trinajstić information content (AvgIpc) is 2.50. The van der Waals surface area contributed by atoms with Crippen molar-refractivity contribution in [2.24, 2.45) is 0 Å². The molecule has 0 saturated heterocycles. The predicted molar refractivity (Wildman–Crippen MR) is 93.4 cm³/mol. The Hall–Kier alpha value is -1.56. The van der Waals surface area contributed by atoms with Crippen molar-refractivity contribution < 1.29 is 18.3 Å². The standard InChI is InChI=1S/C17H27NO4S/c1-2-3-4-5-6-7-8-11-14-23(21,22)18-16-13-10-9-12-15(16)17(19)20/h9-10,12-13,18H,2-8,11,14H2,1H3,(H,19,20). The highest BCUT2D eigenvalue weighted by molar-refractivity contribution is 7.92. The second kappa shape index (κ2) is 10.3. The number of rotatable bonds is 12. The first-order valence-corrected chi connectivity index (χ1v) is 9.94. The molecule has 0 amide bonds. The molecule has 0 saturated carbocycles. The van der Waals surface area contributed by atoms with Crippen LogP contribution in [-0.2, 0) is 10.0 Å². The van der Waals surface area contributed by atoms with E-state index in [4.69, 9.17) is 5.11 Å². The summed E-state index contributed by atoms with van der Waals surface area (Å²) in [6.07, 6.45) is 8.63. The van der Waals surface area contributed by atoms with Crippen LogP contribution in [0.2, 0.25) is 0 Å². The van der Waals surface area contributed by atoms with E-state index in [1.54, 1.807) is 12.1 Å². The van der Waals surface area contributed by atoms with Crippen LogP contribution in [0.4, 0.5) is 5.69 Å². The molecule has 0 aliphatic carbocycles. The molecule has 0 unspecified atom stereocenters. The molecule has 0 fully saturated rings. The van der Waals surface area contributed by atoms with Crippen molar-refractivity contribution >= 4 is 21.7 Å². The van der Waals surface area contributed by atoms with Crippen LogP contribution in [0, 0.1) is 0 Å². The molecule has 0 radical (unpaired) electrons. The van der Waals surface area contributed by atoms with Crippen LogP contribution in [0.1, 0.15) is 68.6 Å². The second-order valence-corrected chi connectivity index (χ2v) is 7.59. The second-order valence-electron chi connectivity index (χ2n) is 5.75. The smallest absolute Gasteiger partial charge is 0.337 e. The maximum atomic E-state index is 12.0. The number of hydrogen-bond acceptors (Lipinski definition) is 3. The minimum absolute atomic E-state index is 0.0237. The fraction of sp³-hybridized carbons (Fsp3) is 0.588. The van der Waals surface area contributed by atoms with E-state index in [0.717, 1.165) is 19.3 Å². The monoisotopic (exact) mass is 341 g/mol. The highest BCUT2D eigenvalue weighted by Crippen LogP contribution is 2.17. The Labute approximate surface area is 139 Å². The van der Waals surface area contributed by atoms with Gasteiger partial charge in [-0.15, -0.1) is 0 Å². The Morgan fingerprint density at radius 2 is 1.57 bits per heavy atom. The lowest BCUT2D eigenvalue weighted by atomic mass is 10.1. The molecular formula is C17H27NO4S. The van der Waals surface area contributed by atoms with Crippen LogP contribution >= 0.6 is 0 Å². The Morgan fingerprint density at radius 1 is 1.00 bits per heavy atom. The number of anilines is 1. The van der Waals surface area contributed by atoms with Crippen LogP contribution in [0.3, 0.4) is 0 Å². The van der Waals surface area contributed by atoms with Gasteiger partial charge in [0.1, 0.15) is 0 Å². The van der Waals surface area contributed by atoms with Gasteiger partial charge in [0.05, 0.1) is 17.0 Å². The van der Waals surface area contributed by atoms with Gasteiger partial charge in [-0.25, -0.2) is 13.2 Å². The van der Waals surface area contributed by atoms with E-state index in [1.807, 2.05) is 0 Å². The molecule has 23 heavy (non-hydrogen) atoms. The fourth-order valence-electron chi connectivity index (χ4n) is 2.40. The summed E-state index contributed by atoms with van der Waals surface area (Å²) in [5, 5.41) is 9.06. The highest BCUT2D eigenvalue weighted by Gasteiger charge is 2.15. The molecule has 1 rings (SSSR count). The van der Waals surface area contributed by atoms with Gasteiger partial charge in [0, 0.05) is 0 Å². The van der Waals surface area contributed by atoms with Crippen LogP contribution < -0.4 is 4.72 Å². The third-order valence-corrected chi connectivity index (χ3v) is 5.05. The molecule has 1 aromatic rings. The minimum atomic E-state index is -3.51. The lowest BCUT2D eigenvalue weighted by Crippen LogP contribution is -2.18. The van der Waals surface area contributed by atoms with E-state index in [9.17, 15) is 13.2 Å². The van der Waals surface area contributed by atoms with Crippen LogP contribution in [0.25, 0.3) is 0 Å². The van der Waals surface area contributed by atoms with Crippen molar-refractivity contribution in [3.05, 3.63) is 29.8 Å². The van der Waals surface area contributed by atoms with Gasteiger partial charge in [0.15, 0.2) is 0 Å². The lowest BCUT2D eigenvalue weighted by molar-refractivity contribution is 0.0698. The summed E-state index contributed by atoms with van der Waals surface area (Å²) >= 11 is 0. The summed E-state index contributed by atoms with van der Waals surface area (Å²) < 4.78 is 26.5. The van der Waals surface area contributed by atoms with Gasteiger partial charge < -0.3 is 5.11 Å². The SMILES string of the molecule is CCCCCCCCCCS(=O)(=O)Nc1ccccc1C(=O)O. The summed E-state index contributed by atoms with van der Waals surface area (Å²) in [5.41, 5.74) is 0.0894. The number of carbonyl (C=O) groups is 1. The van der Waals surface area contributed by atoms with E-state index in [0.29, 0.717) is 6.42 Å². The van der Waals surface area contributed by atoms with E-state index >= 15 is 0 Å². The van der Waals surface area contributed by atoms with E-state index in [-0.39, 0.29) is 17.0 Å². The van der Waals surface area contributed by atoms with Gasteiger partial charge in [-0.3, -0.25) is 4.72 Å². The minimum Gasteiger partial charge on any atom is -0.478 e. The summed E-state index contributed by atoms with van der Waals surface area (Å²) in [4.78, 5) is 11.1. The predicted octanol–water partition coefficient (Wildman–Crippen LogP) is 4.27. The van der Waals surface area contributed by atoms with Gasteiger partial charge in [-0.05, 0) is 18.6 Å². The summed E-state index contributed by atoms with van der Waals surface area (Å²) in [5.74, 6) is -1.12. The molecule has 5 nitrogen and oxygen atoms in total. The number of carboxylic acids is 1. The van der Waals surface area contributed by atoms with Crippen LogP contribution in [-0.4, -0.2) is 25.2 Å².